The standard InChI is InChI=1S/C17H23N7O2/c1-24(2)17-22-14(21-16(18)23-17)10-26-12-6-3-5-11(9-12)20-15(25)13-7-4-8-19-13/h3,5-6,9,13,19H,4,7-8,10H2,1-2H3,(H,20,25)(H2,18,21,22,23). The van der Waals surface area contributed by atoms with Gasteiger partial charge < -0.3 is 26.0 Å². The second-order valence-corrected chi connectivity index (χ2v) is 6.26. The zero-order valence-corrected chi connectivity index (χ0v) is 14.9. The molecule has 3 rings (SSSR count). The van der Waals surface area contributed by atoms with Gasteiger partial charge in [-0.15, -0.1) is 0 Å². The molecule has 1 saturated heterocycles. The molecule has 0 saturated carbocycles. The van der Waals surface area contributed by atoms with Crippen LogP contribution in [-0.2, 0) is 11.4 Å². The van der Waals surface area contributed by atoms with Gasteiger partial charge in [0.05, 0.1) is 6.04 Å². The van der Waals surface area contributed by atoms with Crippen molar-refractivity contribution in [3.8, 4) is 5.75 Å². The van der Waals surface area contributed by atoms with Crippen LogP contribution in [0.4, 0.5) is 17.6 Å². The van der Waals surface area contributed by atoms with Gasteiger partial charge >= 0.3 is 0 Å². The lowest BCUT2D eigenvalue weighted by Crippen LogP contribution is -2.35. The maximum absolute atomic E-state index is 12.2. The third-order valence-corrected chi connectivity index (χ3v) is 3.93. The summed E-state index contributed by atoms with van der Waals surface area (Å²) in [5, 5.41) is 6.08. The number of nitrogens with two attached hydrogens (primary N) is 1. The molecule has 1 unspecified atom stereocenters. The molecular weight excluding hydrogens is 334 g/mol. The molecule has 2 aromatic rings. The number of nitrogen functional groups attached to an aromatic ring is 1. The minimum absolute atomic E-state index is 0.0273. The van der Waals surface area contributed by atoms with Crippen LogP contribution >= 0.6 is 0 Å². The first-order valence-corrected chi connectivity index (χ1v) is 8.46. The molecule has 26 heavy (non-hydrogen) atoms. The lowest BCUT2D eigenvalue weighted by molar-refractivity contribution is -0.117. The van der Waals surface area contributed by atoms with E-state index in [0.29, 0.717) is 23.2 Å². The van der Waals surface area contributed by atoms with Gasteiger partial charge in [0.2, 0.25) is 17.8 Å². The summed E-state index contributed by atoms with van der Waals surface area (Å²) in [6.45, 7) is 1.03. The summed E-state index contributed by atoms with van der Waals surface area (Å²) >= 11 is 0. The number of rotatable bonds is 6. The van der Waals surface area contributed by atoms with E-state index in [1.54, 1.807) is 17.0 Å². The van der Waals surface area contributed by atoms with Crippen molar-refractivity contribution in [3.63, 3.8) is 0 Å². The van der Waals surface area contributed by atoms with Crippen molar-refractivity contribution >= 4 is 23.5 Å². The third kappa shape index (κ3) is 4.57. The van der Waals surface area contributed by atoms with Gasteiger partial charge in [-0.2, -0.15) is 15.0 Å². The zero-order valence-electron chi connectivity index (χ0n) is 14.9. The first-order chi connectivity index (χ1) is 12.5. The number of amides is 1. The molecule has 1 fully saturated rings. The highest BCUT2D eigenvalue weighted by Crippen LogP contribution is 2.19. The van der Waals surface area contributed by atoms with E-state index >= 15 is 0 Å². The Balaban J connectivity index is 1.63. The van der Waals surface area contributed by atoms with Crippen molar-refractivity contribution < 1.29 is 9.53 Å². The predicted molar refractivity (Wildman–Crippen MR) is 99.0 cm³/mol. The minimum atomic E-state index is -0.128. The van der Waals surface area contributed by atoms with E-state index in [2.05, 4.69) is 25.6 Å². The zero-order chi connectivity index (χ0) is 18.5. The number of anilines is 3. The van der Waals surface area contributed by atoms with E-state index in [0.717, 1.165) is 19.4 Å². The molecule has 9 heteroatoms. The van der Waals surface area contributed by atoms with Crippen LogP contribution in [0.5, 0.6) is 5.75 Å². The molecule has 1 atom stereocenters. The molecule has 0 bridgehead atoms. The number of nitrogens with one attached hydrogen (secondary N) is 2. The molecule has 9 nitrogen and oxygen atoms in total. The highest BCUT2D eigenvalue weighted by atomic mass is 16.5. The largest absolute Gasteiger partial charge is 0.486 e. The molecule has 1 aromatic heterocycles. The van der Waals surface area contributed by atoms with Gasteiger partial charge in [-0.1, -0.05) is 6.07 Å². The summed E-state index contributed by atoms with van der Waals surface area (Å²) in [5.41, 5.74) is 6.39. The average molecular weight is 357 g/mol. The Labute approximate surface area is 152 Å². The van der Waals surface area contributed by atoms with Crippen LogP contribution in [0.1, 0.15) is 18.7 Å². The number of nitrogens with zero attached hydrogens (tertiary/aromatic N) is 4. The summed E-state index contributed by atoms with van der Waals surface area (Å²) in [7, 11) is 3.65. The maximum atomic E-state index is 12.2. The van der Waals surface area contributed by atoms with Crippen molar-refractivity contribution in [1.29, 1.82) is 0 Å². The smallest absolute Gasteiger partial charge is 0.241 e. The number of hydrogen-bond donors (Lipinski definition) is 3. The van der Waals surface area contributed by atoms with Gasteiger partial charge in [0, 0.05) is 25.8 Å². The molecule has 1 aliphatic rings. The van der Waals surface area contributed by atoms with Gasteiger partial charge in [-0.05, 0) is 31.5 Å². The van der Waals surface area contributed by atoms with Crippen LogP contribution in [0.25, 0.3) is 0 Å². The molecule has 2 heterocycles. The van der Waals surface area contributed by atoms with Crippen molar-refractivity contribution in [1.82, 2.24) is 20.3 Å². The summed E-state index contributed by atoms with van der Waals surface area (Å²) < 4.78 is 5.74. The monoisotopic (exact) mass is 357 g/mol. The quantitative estimate of drug-likeness (QED) is 0.694. The van der Waals surface area contributed by atoms with Crippen LogP contribution in [0.2, 0.25) is 0 Å². The lowest BCUT2D eigenvalue weighted by atomic mass is 10.2. The van der Waals surface area contributed by atoms with Crippen LogP contribution in [0.15, 0.2) is 24.3 Å². The minimum Gasteiger partial charge on any atom is -0.486 e. The van der Waals surface area contributed by atoms with Crippen LogP contribution in [0, 0.1) is 0 Å². The molecule has 4 N–H and O–H groups in total. The first-order valence-electron chi connectivity index (χ1n) is 8.46. The fourth-order valence-electron chi connectivity index (χ4n) is 2.64. The number of hydrogen-bond acceptors (Lipinski definition) is 8. The second-order valence-electron chi connectivity index (χ2n) is 6.26. The predicted octanol–water partition coefficient (Wildman–Crippen LogP) is 0.789. The Bertz CT molecular complexity index is 775. The van der Waals surface area contributed by atoms with Gasteiger partial charge in [-0.3, -0.25) is 4.79 Å². The van der Waals surface area contributed by atoms with Crippen LogP contribution in [0.3, 0.4) is 0 Å². The van der Waals surface area contributed by atoms with E-state index in [1.165, 1.54) is 0 Å². The lowest BCUT2D eigenvalue weighted by Gasteiger charge is -2.13. The van der Waals surface area contributed by atoms with Crippen molar-refractivity contribution in [2.24, 2.45) is 0 Å². The fraction of sp³-hybridized carbons (Fsp3) is 0.412. The number of benzene rings is 1. The highest BCUT2D eigenvalue weighted by molar-refractivity contribution is 5.95. The van der Waals surface area contributed by atoms with E-state index in [-0.39, 0.29) is 24.5 Å². The van der Waals surface area contributed by atoms with Gasteiger partial charge in [0.25, 0.3) is 0 Å². The van der Waals surface area contributed by atoms with E-state index in [4.69, 9.17) is 10.5 Å². The summed E-state index contributed by atoms with van der Waals surface area (Å²) in [5.74, 6) is 1.63. The van der Waals surface area contributed by atoms with E-state index in [9.17, 15) is 4.79 Å². The normalized spacial score (nSPS) is 16.3. The summed E-state index contributed by atoms with van der Waals surface area (Å²) in [6.07, 6.45) is 1.88. The van der Waals surface area contributed by atoms with Crippen molar-refractivity contribution in [2.45, 2.75) is 25.5 Å². The average Bonchev–Trinajstić information content (AvgIpc) is 3.14. The molecule has 1 amide bonds. The Hall–Kier alpha value is -2.94. The van der Waals surface area contributed by atoms with Crippen molar-refractivity contribution in [2.75, 3.05) is 36.6 Å². The van der Waals surface area contributed by atoms with Gasteiger partial charge in [0.15, 0.2) is 5.82 Å². The molecule has 1 aliphatic heterocycles. The van der Waals surface area contributed by atoms with Gasteiger partial charge in [0.1, 0.15) is 12.4 Å². The number of aromatic nitrogens is 3. The Kier molecular flexibility index (Phi) is 5.47. The second kappa shape index (κ2) is 7.96. The number of ether oxygens (including phenoxy) is 1. The first kappa shape index (κ1) is 17.9. The molecular formula is C17H23N7O2. The van der Waals surface area contributed by atoms with Crippen LogP contribution in [-0.4, -0.2) is 47.5 Å². The van der Waals surface area contributed by atoms with Crippen LogP contribution < -0.4 is 26.0 Å². The Morgan fingerprint density at radius 1 is 1.38 bits per heavy atom. The van der Waals surface area contributed by atoms with E-state index in [1.807, 2.05) is 26.2 Å². The number of carbonyl (C=O) groups is 1. The molecule has 0 radical (unpaired) electrons. The molecule has 1 aromatic carbocycles. The fourth-order valence-corrected chi connectivity index (χ4v) is 2.64. The third-order valence-electron chi connectivity index (χ3n) is 3.93. The van der Waals surface area contributed by atoms with Gasteiger partial charge in [-0.25, -0.2) is 0 Å². The topological polar surface area (TPSA) is 118 Å². The molecule has 0 spiro atoms. The number of carbonyl (C=O) groups excluding carboxylic acids is 1. The molecule has 0 aliphatic carbocycles. The summed E-state index contributed by atoms with van der Waals surface area (Å²) in [4.78, 5) is 26.3. The SMILES string of the molecule is CN(C)c1nc(N)nc(COc2cccc(NC(=O)C3CCCN3)c2)n1. The Morgan fingerprint density at radius 3 is 2.96 bits per heavy atom. The summed E-state index contributed by atoms with van der Waals surface area (Å²) in [6, 6.07) is 7.09. The maximum Gasteiger partial charge on any atom is 0.241 e. The van der Waals surface area contributed by atoms with Crippen molar-refractivity contribution in [3.05, 3.63) is 30.1 Å². The van der Waals surface area contributed by atoms with E-state index < -0.39 is 0 Å². The molecule has 138 valence electrons. The Morgan fingerprint density at radius 2 is 2.23 bits per heavy atom. The highest BCUT2D eigenvalue weighted by Gasteiger charge is 2.21.